The predicted octanol–water partition coefficient (Wildman–Crippen LogP) is 5.21. The first-order valence-electron chi connectivity index (χ1n) is 7.86. The minimum absolute atomic E-state index is 0.182. The largest absolute Gasteiger partial charge is 0.333 e. The number of anilines is 1. The molecule has 0 aliphatic carbocycles. The molecule has 9 heteroatoms. The number of thioether (sulfide) groups is 1. The number of H-pyrrole nitrogens is 1. The highest BCUT2D eigenvalue weighted by Gasteiger charge is 2.11. The Morgan fingerprint density at radius 3 is 2.85 bits per heavy atom. The van der Waals surface area contributed by atoms with Gasteiger partial charge in [0.15, 0.2) is 10.3 Å². The standard InChI is InChI=1S/C18H12ClFN4OS2/c19-11-3-6-13-14(7-11)22-17(21-13)27-9-16(25)24-18-23-15(8-26-18)10-1-4-12(20)5-2-10/h1-8H,9H2,(H,21,22)(H,23,24,25). The lowest BCUT2D eigenvalue weighted by atomic mass is 10.2. The second kappa shape index (κ2) is 7.67. The molecule has 0 radical (unpaired) electrons. The first kappa shape index (κ1) is 18.0. The number of hydrogen-bond donors (Lipinski definition) is 2. The molecule has 0 bridgehead atoms. The zero-order valence-electron chi connectivity index (χ0n) is 13.7. The van der Waals surface area contributed by atoms with Gasteiger partial charge in [-0.3, -0.25) is 4.79 Å². The highest BCUT2D eigenvalue weighted by molar-refractivity contribution is 7.99. The van der Waals surface area contributed by atoms with Gasteiger partial charge in [-0.15, -0.1) is 11.3 Å². The molecule has 0 saturated carbocycles. The molecule has 0 unspecified atom stereocenters. The van der Waals surface area contributed by atoms with E-state index in [2.05, 4.69) is 20.3 Å². The number of fused-ring (bicyclic) bond motifs is 1. The maximum atomic E-state index is 13.0. The molecule has 0 spiro atoms. The van der Waals surface area contributed by atoms with Gasteiger partial charge in [-0.2, -0.15) is 0 Å². The van der Waals surface area contributed by atoms with Crippen LogP contribution in [0.25, 0.3) is 22.3 Å². The molecule has 4 rings (SSSR count). The Balaban J connectivity index is 1.37. The summed E-state index contributed by atoms with van der Waals surface area (Å²) < 4.78 is 13.0. The lowest BCUT2D eigenvalue weighted by molar-refractivity contribution is -0.113. The van der Waals surface area contributed by atoms with Crippen LogP contribution in [0.3, 0.4) is 0 Å². The number of imidazole rings is 1. The van der Waals surface area contributed by atoms with Crippen molar-refractivity contribution in [2.45, 2.75) is 5.16 Å². The van der Waals surface area contributed by atoms with E-state index in [9.17, 15) is 9.18 Å². The molecular weight excluding hydrogens is 407 g/mol. The van der Waals surface area contributed by atoms with Crippen LogP contribution in [-0.4, -0.2) is 26.6 Å². The van der Waals surface area contributed by atoms with Gasteiger partial charge in [0.25, 0.3) is 0 Å². The molecule has 0 fully saturated rings. The van der Waals surface area contributed by atoms with Crippen LogP contribution < -0.4 is 5.32 Å². The Morgan fingerprint density at radius 2 is 2.04 bits per heavy atom. The van der Waals surface area contributed by atoms with Crippen molar-refractivity contribution < 1.29 is 9.18 Å². The van der Waals surface area contributed by atoms with Crippen molar-refractivity contribution in [2.24, 2.45) is 0 Å². The summed E-state index contributed by atoms with van der Waals surface area (Å²) in [6.45, 7) is 0. The molecule has 0 atom stereocenters. The molecule has 4 aromatic rings. The number of aromatic nitrogens is 3. The van der Waals surface area contributed by atoms with Crippen LogP contribution in [0.2, 0.25) is 5.02 Å². The summed E-state index contributed by atoms with van der Waals surface area (Å²) >= 11 is 8.57. The molecule has 27 heavy (non-hydrogen) atoms. The van der Waals surface area contributed by atoms with Crippen molar-refractivity contribution in [3.8, 4) is 11.3 Å². The van der Waals surface area contributed by atoms with Crippen molar-refractivity contribution in [1.82, 2.24) is 15.0 Å². The van der Waals surface area contributed by atoms with Gasteiger partial charge in [0.1, 0.15) is 5.82 Å². The van der Waals surface area contributed by atoms with Crippen LogP contribution in [0, 0.1) is 5.82 Å². The maximum absolute atomic E-state index is 13.0. The Morgan fingerprint density at radius 1 is 1.22 bits per heavy atom. The molecule has 0 aliphatic rings. The number of benzene rings is 2. The average molecular weight is 419 g/mol. The van der Waals surface area contributed by atoms with Gasteiger partial charge in [-0.25, -0.2) is 14.4 Å². The topological polar surface area (TPSA) is 70.7 Å². The first-order valence-corrected chi connectivity index (χ1v) is 10.1. The molecular formula is C18H12ClFN4OS2. The maximum Gasteiger partial charge on any atom is 0.236 e. The zero-order valence-corrected chi connectivity index (χ0v) is 16.1. The van der Waals surface area contributed by atoms with Crippen LogP contribution in [0.15, 0.2) is 53.0 Å². The normalized spacial score (nSPS) is 11.0. The molecule has 2 N–H and O–H groups in total. The fourth-order valence-electron chi connectivity index (χ4n) is 2.40. The van der Waals surface area contributed by atoms with Gasteiger partial charge in [0, 0.05) is 16.0 Å². The van der Waals surface area contributed by atoms with E-state index in [0.717, 1.165) is 16.6 Å². The zero-order chi connectivity index (χ0) is 18.8. The second-order valence-electron chi connectivity index (χ2n) is 5.59. The summed E-state index contributed by atoms with van der Waals surface area (Å²) in [5, 5.41) is 6.36. The average Bonchev–Trinajstić information content (AvgIpc) is 3.27. The molecule has 136 valence electrons. The summed E-state index contributed by atoms with van der Waals surface area (Å²) in [7, 11) is 0. The number of hydrogen-bond acceptors (Lipinski definition) is 5. The van der Waals surface area contributed by atoms with Crippen LogP contribution in [0.5, 0.6) is 0 Å². The van der Waals surface area contributed by atoms with Crippen LogP contribution in [0.4, 0.5) is 9.52 Å². The third-order valence-corrected chi connectivity index (χ3v) is 5.52. The van der Waals surface area contributed by atoms with Gasteiger partial charge in [0.05, 0.1) is 22.5 Å². The Hall–Kier alpha value is -2.42. The van der Waals surface area contributed by atoms with E-state index < -0.39 is 0 Å². The van der Waals surface area contributed by atoms with E-state index >= 15 is 0 Å². The van der Waals surface area contributed by atoms with E-state index in [1.54, 1.807) is 24.3 Å². The fourth-order valence-corrected chi connectivity index (χ4v) is 3.99. The molecule has 0 aliphatic heterocycles. The minimum atomic E-state index is -0.299. The molecule has 0 saturated heterocycles. The first-order chi connectivity index (χ1) is 13.1. The number of nitrogens with zero attached hydrogens (tertiary/aromatic N) is 2. The summed E-state index contributed by atoms with van der Waals surface area (Å²) in [4.78, 5) is 24.1. The van der Waals surface area contributed by atoms with E-state index in [1.807, 2.05) is 11.4 Å². The lowest BCUT2D eigenvalue weighted by Gasteiger charge is -2.00. The Bertz CT molecular complexity index is 1110. The van der Waals surface area contributed by atoms with Crippen molar-refractivity contribution in [2.75, 3.05) is 11.1 Å². The summed E-state index contributed by atoms with van der Waals surface area (Å²) in [5.74, 6) is -0.287. The third-order valence-electron chi connectivity index (χ3n) is 3.65. The van der Waals surface area contributed by atoms with E-state index in [1.165, 1.54) is 35.2 Å². The van der Waals surface area contributed by atoms with Crippen molar-refractivity contribution in [3.63, 3.8) is 0 Å². The fraction of sp³-hybridized carbons (Fsp3) is 0.0556. The molecule has 1 amide bonds. The smallest absolute Gasteiger partial charge is 0.236 e. The molecule has 5 nitrogen and oxygen atoms in total. The number of thiazole rings is 1. The SMILES string of the molecule is O=C(CSc1nc2ccc(Cl)cc2[nH]1)Nc1nc(-c2ccc(F)cc2)cs1. The number of amides is 1. The lowest BCUT2D eigenvalue weighted by Crippen LogP contribution is -2.13. The van der Waals surface area contributed by atoms with Gasteiger partial charge in [-0.1, -0.05) is 23.4 Å². The molecule has 2 aromatic heterocycles. The van der Waals surface area contributed by atoms with Crippen LogP contribution >= 0.6 is 34.7 Å². The minimum Gasteiger partial charge on any atom is -0.333 e. The summed E-state index contributed by atoms with van der Waals surface area (Å²) in [6.07, 6.45) is 0. The van der Waals surface area contributed by atoms with E-state index in [0.29, 0.717) is 21.0 Å². The van der Waals surface area contributed by atoms with E-state index in [-0.39, 0.29) is 17.5 Å². The van der Waals surface area contributed by atoms with Gasteiger partial charge >= 0.3 is 0 Å². The number of nitrogens with one attached hydrogen (secondary N) is 2. The van der Waals surface area contributed by atoms with Crippen LogP contribution in [0.1, 0.15) is 0 Å². The van der Waals surface area contributed by atoms with Crippen molar-refractivity contribution >= 4 is 56.8 Å². The summed E-state index contributed by atoms with van der Waals surface area (Å²) in [5.41, 5.74) is 3.11. The van der Waals surface area contributed by atoms with Gasteiger partial charge in [0.2, 0.25) is 5.91 Å². The third kappa shape index (κ3) is 4.29. The number of carbonyl (C=O) groups excluding carboxylic acids is 1. The number of halogens is 2. The number of aromatic amines is 1. The number of rotatable bonds is 5. The van der Waals surface area contributed by atoms with Crippen molar-refractivity contribution in [3.05, 3.63) is 58.7 Å². The van der Waals surface area contributed by atoms with Crippen LogP contribution in [-0.2, 0) is 4.79 Å². The highest BCUT2D eigenvalue weighted by Crippen LogP contribution is 2.26. The predicted molar refractivity (Wildman–Crippen MR) is 108 cm³/mol. The van der Waals surface area contributed by atoms with Gasteiger partial charge < -0.3 is 10.3 Å². The van der Waals surface area contributed by atoms with E-state index in [4.69, 9.17) is 11.6 Å². The monoisotopic (exact) mass is 418 g/mol. The van der Waals surface area contributed by atoms with Crippen molar-refractivity contribution in [1.29, 1.82) is 0 Å². The second-order valence-corrected chi connectivity index (χ2v) is 7.84. The molecule has 2 aromatic carbocycles. The Labute approximate surface area is 167 Å². The highest BCUT2D eigenvalue weighted by atomic mass is 35.5. The molecule has 2 heterocycles. The Kier molecular flexibility index (Phi) is 5.11. The van der Waals surface area contributed by atoms with Gasteiger partial charge in [-0.05, 0) is 42.5 Å². The quantitative estimate of drug-likeness (QED) is 0.436. The summed E-state index contributed by atoms with van der Waals surface area (Å²) in [6, 6.07) is 11.5. The number of carbonyl (C=O) groups is 1.